The molecule has 0 saturated heterocycles. The zero-order chi connectivity index (χ0) is 35.6. The second kappa shape index (κ2) is 27.3. The quantitative estimate of drug-likeness (QED) is 0.0378. The van der Waals surface area contributed by atoms with Crippen LogP contribution in [0.3, 0.4) is 0 Å². The van der Waals surface area contributed by atoms with Gasteiger partial charge in [-0.05, 0) is 0 Å². The van der Waals surface area contributed by atoms with Gasteiger partial charge in [0.1, 0.15) is 39.6 Å². The monoisotopic (exact) mass is 765 g/mol. The van der Waals surface area contributed by atoms with E-state index in [1.807, 2.05) is 0 Å². The minimum absolute atomic E-state index is 0.0164. The van der Waals surface area contributed by atoms with Gasteiger partial charge < -0.3 is 38.9 Å². The standard InChI is InChI=1S/C28H47NO13S5/c29-7-1-21(30)37-15-27(16-38-22(31)2-8-43,17-39-23(32)3-9-44)13-36-14-28(18-40-24(33)4-10-45,19-41-25(34)5-11-46)20-42-26(35)6-12-47/h43-47H,1-20,29H2. The van der Waals surface area contributed by atoms with Crippen molar-refractivity contribution in [1.82, 2.24) is 0 Å². The highest BCUT2D eigenvalue weighted by Gasteiger charge is 2.40. The van der Waals surface area contributed by atoms with Crippen LogP contribution in [-0.2, 0) is 61.9 Å². The Morgan fingerprint density at radius 1 is 0.383 bits per heavy atom. The highest BCUT2D eigenvalue weighted by atomic mass is 32.1. The third-order valence-electron chi connectivity index (χ3n) is 5.98. The molecule has 0 aliphatic carbocycles. The van der Waals surface area contributed by atoms with E-state index in [1.165, 1.54) is 0 Å². The third-order valence-corrected chi connectivity index (χ3v) is 7.10. The van der Waals surface area contributed by atoms with Gasteiger partial charge in [0.05, 0.1) is 62.6 Å². The molecule has 0 amide bonds. The maximum Gasteiger partial charge on any atom is 0.307 e. The number of hydrogen-bond acceptors (Lipinski definition) is 19. The van der Waals surface area contributed by atoms with E-state index >= 15 is 0 Å². The molecule has 0 aromatic rings. The van der Waals surface area contributed by atoms with Crippen molar-refractivity contribution in [1.29, 1.82) is 0 Å². The minimum atomic E-state index is -1.43. The molecule has 0 spiro atoms. The molecular formula is C28H47NO13S5. The van der Waals surface area contributed by atoms with Crippen LogP contribution in [0.2, 0.25) is 0 Å². The summed E-state index contributed by atoms with van der Waals surface area (Å²) >= 11 is 20.2. The Morgan fingerprint density at radius 2 is 0.596 bits per heavy atom. The normalized spacial score (nSPS) is 11.4. The van der Waals surface area contributed by atoms with Crippen LogP contribution in [0.25, 0.3) is 0 Å². The van der Waals surface area contributed by atoms with Crippen LogP contribution >= 0.6 is 63.1 Å². The third kappa shape index (κ3) is 22.0. The second-order valence-electron chi connectivity index (χ2n) is 10.4. The van der Waals surface area contributed by atoms with Crippen LogP contribution in [0, 0.1) is 10.8 Å². The zero-order valence-corrected chi connectivity index (χ0v) is 30.7. The Hall–Kier alpha value is -1.51. The Labute approximate surface area is 302 Å². The molecule has 0 heterocycles. The van der Waals surface area contributed by atoms with E-state index in [9.17, 15) is 28.8 Å². The predicted octanol–water partition coefficient (Wildman–Crippen LogP) is 1.18. The molecule has 0 aliphatic rings. The molecule has 0 atom stereocenters. The molecule has 0 saturated carbocycles. The van der Waals surface area contributed by atoms with Gasteiger partial charge >= 0.3 is 35.8 Å². The van der Waals surface area contributed by atoms with Gasteiger partial charge in [0.15, 0.2) is 0 Å². The molecule has 2 N–H and O–H groups in total. The fourth-order valence-electron chi connectivity index (χ4n) is 3.39. The molecule has 19 heteroatoms. The van der Waals surface area contributed by atoms with Crippen LogP contribution < -0.4 is 5.73 Å². The van der Waals surface area contributed by atoms with E-state index in [-0.39, 0.29) is 87.0 Å². The molecule has 0 rings (SSSR count). The maximum absolute atomic E-state index is 12.3. The van der Waals surface area contributed by atoms with Gasteiger partial charge in [-0.3, -0.25) is 28.8 Å². The van der Waals surface area contributed by atoms with Crippen molar-refractivity contribution in [3.05, 3.63) is 0 Å². The van der Waals surface area contributed by atoms with Crippen LogP contribution in [0.15, 0.2) is 0 Å². The lowest BCUT2D eigenvalue weighted by Crippen LogP contribution is -2.47. The van der Waals surface area contributed by atoms with Crippen molar-refractivity contribution in [3.8, 4) is 0 Å². The molecule has 0 fully saturated rings. The number of ether oxygens (including phenoxy) is 7. The number of rotatable bonds is 28. The van der Waals surface area contributed by atoms with Crippen molar-refractivity contribution in [2.75, 3.05) is 88.2 Å². The Bertz CT molecular complexity index is 789. The molecule has 0 bridgehead atoms. The highest BCUT2D eigenvalue weighted by Crippen LogP contribution is 2.26. The van der Waals surface area contributed by atoms with E-state index in [2.05, 4.69) is 63.1 Å². The van der Waals surface area contributed by atoms with Gasteiger partial charge in [-0.2, -0.15) is 63.1 Å². The molecule has 14 nitrogen and oxygen atoms in total. The van der Waals surface area contributed by atoms with Gasteiger partial charge in [-0.1, -0.05) is 0 Å². The van der Waals surface area contributed by atoms with E-state index in [4.69, 9.17) is 38.9 Å². The van der Waals surface area contributed by atoms with E-state index < -0.39 is 86.3 Å². The van der Waals surface area contributed by atoms with E-state index in [1.54, 1.807) is 0 Å². The Kier molecular flexibility index (Phi) is 26.5. The summed E-state index contributed by atoms with van der Waals surface area (Å²) in [6.45, 7) is -3.09. The van der Waals surface area contributed by atoms with Crippen LogP contribution in [0.1, 0.15) is 38.5 Å². The van der Waals surface area contributed by atoms with Gasteiger partial charge in [-0.15, -0.1) is 0 Å². The minimum Gasteiger partial charge on any atom is -0.465 e. The predicted molar refractivity (Wildman–Crippen MR) is 187 cm³/mol. The second-order valence-corrected chi connectivity index (χ2v) is 12.6. The lowest BCUT2D eigenvalue weighted by atomic mass is 9.90. The van der Waals surface area contributed by atoms with Gasteiger partial charge in [0.2, 0.25) is 0 Å². The van der Waals surface area contributed by atoms with Crippen LogP contribution in [0.4, 0.5) is 0 Å². The van der Waals surface area contributed by atoms with Crippen LogP contribution in [0.5, 0.6) is 0 Å². The molecule has 0 radical (unpaired) electrons. The van der Waals surface area contributed by atoms with Crippen molar-refractivity contribution in [3.63, 3.8) is 0 Å². The van der Waals surface area contributed by atoms with Gasteiger partial charge in [0, 0.05) is 35.3 Å². The molecular weight excluding hydrogens is 719 g/mol. The topological polar surface area (TPSA) is 193 Å². The van der Waals surface area contributed by atoms with Gasteiger partial charge in [-0.25, -0.2) is 0 Å². The summed E-state index contributed by atoms with van der Waals surface area (Å²) in [6.07, 6.45) is -0.223. The molecule has 47 heavy (non-hydrogen) atoms. The Balaban J connectivity index is 6.45. The van der Waals surface area contributed by atoms with E-state index in [0.29, 0.717) is 0 Å². The maximum atomic E-state index is 12.3. The first-order valence-electron chi connectivity index (χ1n) is 14.7. The van der Waals surface area contributed by atoms with Gasteiger partial charge in [0.25, 0.3) is 0 Å². The summed E-state index contributed by atoms with van der Waals surface area (Å²) in [5, 5.41) is 0. The SMILES string of the molecule is NCCC(=O)OCC(COCC(COC(=O)CCS)(COC(=O)CCS)COC(=O)CCS)(COC(=O)CCS)COC(=O)CCS. The van der Waals surface area contributed by atoms with Crippen LogP contribution in [-0.4, -0.2) is 124 Å². The molecule has 0 aliphatic heterocycles. The molecule has 0 aromatic heterocycles. The number of hydrogen-bond donors (Lipinski definition) is 6. The number of carbonyl (C=O) groups excluding carboxylic acids is 6. The van der Waals surface area contributed by atoms with Crippen molar-refractivity contribution in [2.45, 2.75) is 38.5 Å². The summed E-state index contributed by atoms with van der Waals surface area (Å²) in [5.74, 6) is -2.68. The average Bonchev–Trinajstić information content (AvgIpc) is 3.03. The molecule has 0 unspecified atom stereocenters. The first kappa shape index (κ1) is 45.5. The smallest absolute Gasteiger partial charge is 0.307 e. The first-order chi connectivity index (χ1) is 22.4. The number of carbonyl (C=O) groups is 6. The van der Waals surface area contributed by atoms with E-state index in [0.717, 1.165) is 0 Å². The fraction of sp³-hybridized carbons (Fsp3) is 0.786. The molecule has 0 aromatic carbocycles. The highest BCUT2D eigenvalue weighted by molar-refractivity contribution is 7.80. The van der Waals surface area contributed by atoms with Crippen molar-refractivity contribution >= 4 is 99.0 Å². The Morgan fingerprint density at radius 3 is 0.787 bits per heavy atom. The zero-order valence-electron chi connectivity index (χ0n) is 26.3. The number of nitrogens with two attached hydrogens (primary N) is 1. The number of esters is 6. The molecule has 272 valence electrons. The largest absolute Gasteiger partial charge is 0.465 e. The average molecular weight is 766 g/mol. The summed E-state index contributed by atoms with van der Waals surface area (Å²) in [5.41, 5.74) is 2.62. The summed E-state index contributed by atoms with van der Waals surface area (Å²) < 4.78 is 38.5. The first-order valence-corrected chi connectivity index (χ1v) is 17.9. The lowest BCUT2D eigenvalue weighted by molar-refractivity contribution is -0.174. The lowest BCUT2D eigenvalue weighted by Gasteiger charge is -2.35. The summed E-state index contributed by atoms with van der Waals surface area (Å²) in [4.78, 5) is 73.8. The number of thiol groups is 5. The van der Waals surface area contributed by atoms with Crippen molar-refractivity contribution in [2.24, 2.45) is 16.6 Å². The fourth-order valence-corrected chi connectivity index (χ4v) is 4.31. The summed E-state index contributed by atoms with van der Waals surface area (Å²) in [6, 6.07) is 0. The van der Waals surface area contributed by atoms with Crippen molar-refractivity contribution < 1.29 is 61.9 Å². The summed E-state index contributed by atoms with van der Waals surface area (Å²) in [7, 11) is 0.